The highest BCUT2D eigenvalue weighted by molar-refractivity contribution is 9.10. The summed E-state index contributed by atoms with van der Waals surface area (Å²) in [5.74, 6) is 0.508. The Kier molecular flexibility index (Phi) is 4.11. The van der Waals surface area contributed by atoms with Crippen LogP contribution in [0.3, 0.4) is 0 Å². The molecule has 2 aromatic rings. The third-order valence-electron chi connectivity index (χ3n) is 3.42. The number of aliphatic imine (C=N–C) groups is 1. The lowest BCUT2D eigenvalue weighted by atomic mass is 10.1. The van der Waals surface area contributed by atoms with Crippen LogP contribution in [0, 0.1) is 0 Å². The van der Waals surface area contributed by atoms with E-state index in [1.807, 2.05) is 41.3 Å². The molecule has 1 aliphatic rings. The highest BCUT2D eigenvalue weighted by Crippen LogP contribution is 2.34. The molecule has 1 atom stereocenters. The van der Waals surface area contributed by atoms with Crippen molar-refractivity contribution in [1.29, 1.82) is 0 Å². The number of anilines is 1. The second-order valence-corrected chi connectivity index (χ2v) is 6.46. The van der Waals surface area contributed by atoms with Gasteiger partial charge >= 0.3 is 0 Å². The monoisotopic (exact) mass is 383 g/mol. The van der Waals surface area contributed by atoms with E-state index < -0.39 is 0 Å². The Bertz CT molecular complexity index is 701. The highest BCUT2D eigenvalue weighted by atomic mass is 79.9. The summed E-state index contributed by atoms with van der Waals surface area (Å²) < 4.78 is 1.02. The minimum atomic E-state index is 0.0287. The summed E-state index contributed by atoms with van der Waals surface area (Å²) >= 11 is 15.5. The lowest BCUT2D eigenvalue weighted by molar-refractivity contribution is 0.769. The average Bonchev–Trinajstić information content (AvgIpc) is 2.85. The zero-order valence-electron chi connectivity index (χ0n) is 10.9. The molecule has 6 heteroatoms. The molecule has 1 aliphatic heterocycles. The van der Waals surface area contributed by atoms with Gasteiger partial charge in [0.2, 0.25) is 0 Å². The maximum absolute atomic E-state index is 6.12. The van der Waals surface area contributed by atoms with Gasteiger partial charge in [0.15, 0.2) is 5.96 Å². The number of hydrogen-bond acceptors (Lipinski definition) is 3. The van der Waals surface area contributed by atoms with E-state index in [-0.39, 0.29) is 6.04 Å². The van der Waals surface area contributed by atoms with Gasteiger partial charge in [0, 0.05) is 10.2 Å². The third-order valence-corrected chi connectivity index (χ3v) is 4.69. The third kappa shape index (κ3) is 2.89. The van der Waals surface area contributed by atoms with Gasteiger partial charge in [-0.3, -0.25) is 4.99 Å². The van der Waals surface area contributed by atoms with Crippen LogP contribution in [0.15, 0.2) is 51.9 Å². The van der Waals surface area contributed by atoms with Crippen LogP contribution in [0.1, 0.15) is 11.6 Å². The number of hydrogen-bond donors (Lipinski definition) is 1. The van der Waals surface area contributed by atoms with Crippen molar-refractivity contribution in [2.75, 3.05) is 11.4 Å². The Balaban J connectivity index is 1.98. The number of nitrogens with two attached hydrogens (primary N) is 1. The molecule has 21 heavy (non-hydrogen) atoms. The molecule has 2 N–H and O–H groups in total. The number of guanidine groups is 1. The van der Waals surface area contributed by atoms with Gasteiger partial charge in [0.25, 0.3) is 0 Å². The number of benzene rings is 2. The number of rotatable bonds is 2. The Morgan fingerprint density at radius 1 is 1.10 bits per heavy atom. The minimum Gasteiger partial charge on any atom is -0.369 e. The lowest BCUT2D eigenvalue weighted by Gasteiger charge is -2.27. The van der Waals surface area contributed by atoms with Crippen molar-refractivity contribution >= 4 is 50.8 Å². The van der Waals surface area contributed by atoms with Gasteiger partial charge in [-0.15, -0.1) is 0 Å². The molecule has 1 unspecified atom stereocenters. The first kappa shape index (κ1) is 14.7. The summed E-state index contributed by atoms with van der Waals surface area (Å²) in [7, 11) is 0. The topological polar surface area (TPSA) is 41.6 Å². The summed E-state index contributed by atoms with van der Waals surface area (Å²) in [6, 6.07) is 13.6. The molecule has 1 heterocycles. The van der Waals surface area contributed by atoms with Gasteiger partial charge in [-0.05, 0) is 42.0 Å². The maximum Gasteiger partial charge on any atom is 0.196 e. The van der Waals surface area contributed by atoms with Crippen LogP contribution in [0.25, 0.3) is 0 Å². The maximum atomic E-state index is 6.12. The largest absolute Gasteiger partial charge is 0.369 e. The van der Waals surface area contributed by atoms with E-state index in [1.165, 1.54) is 0 Å². The molecule has 0 saturated heterocycles. The molecule has 0 saturated carbocycles. The van der Waals surface area contributed by atoms with Crippen molar-refractivity contribution in [2.24, 2.45) is 10.7 Å². The SMILES string of the molecule is NC1=NCC(c2ccc(Cl)c(Cl)c2)N1c1ccc(Br)cc1. The van der Waals surface area contributed by atoms with E-state index in [1.54, 1.807) is 6.07 Å². The predicted molar refractivity (Wildman–Crippen MR) is 92.3 cm³/mol. The molecule has 0 fully saturated rings. The number of nitrogens with zero attached hydrogens (tertiary/aromatic N) is 2. The second-order valence-electron chi connectivity index (χ2n) is 4.73. The van der Waals surface area contributed by atoms with Gasteiger partial charge in [0.1, 0.15) is 0 Å². The van der Waals surface area contributed by atoms with Crippen LogP contribution in [0.4, 0.5) is 5.69 Å². The molecule has 0 amide bonds. The van der Waals surface area contributed by atoms with E-state index in [0.717, 1.165) is 15.7 Å². The Labute approximate surface area is 141 Å². The van der Waals surface area contributed by atoms with Crippen LogP contribution < -0.4 is 10.6 Å². The fourth-order valence-corrected chi connectivity index (χ4v) is 2.96. The zero-order valence-corrected chi connectivity index (χ0v) is 14.0. The number of halogens is 3. The van der Waals surface area contributed by atoms with Crippen LogP contribution in [-0.2, 0) is 0 Å². The van der Waals surface area contributed by atoms with Crippen LogP contribution in [-0.4, -0.2) is 12.5 Å². The standard InChI is InChI=1S/C15H12BrCl2N3/c16-10-2-4-11(5-3-10)21-14(8-20-15(21)19)9-1-6-12(17)13(18)7-9/h1-7,14H,8H2,(H2,19,20). The first-order valence-corrected chi connectivity index (χ1v) is 7.91. The Morgan fingerprint density at radius 2 is 1.81 bits per heavy atom. The van der Waals surface area contributed by atoms with E-state index in [4.69, 9.17) is 28.9 Å². The van der Waals surface area contributed by atoms with E-state index in [0.29, 0.717) is 22.5 Å². The Morgan fingerprint density at radius 3 is 2.48 bits per heavy atom. The fraction of sp³-hybridized carbons (Fsp3) is 0.133. The molecule has 0 aliphatic carbocycles. The minimum absolute atomic E-state index is 0.0287. The van der Waals surface area contributed by atoms with Gasteiger partial charge in [0.05, 0.1) is 22.6 Å². The van der Waals surface area contributed by atoms with Gasteiger partial charge in [-0.25, -0.2) is 0 Å². The summed E-state index contributed by atoms with van der Waals surface area (Å²) in [5, 5.41) is 1.08. The Hall–Kier alpha value is -1.23. The van der Waals surface area contributed by atoms with Crippen LogP contribution in [0.2, 0.25) is 10.0 Å². The first-order valence-electron chi connectivity index (χ1n) is 6.36. The van der Waals surface area contributed by atoms with Gasteiger partial charge in [-0.1, -0.05) is 45.2 Å². The zero-order chi connectivity index (χ0) is 15.0. The van der Waals surface area contributed by atoms with Gasteiger partial charge < -0.3 is 10.6 Å². The van der Waals surface area contributed by atoms with Crippen molar-refractivity contribution in [3.8, 4) is 0 Å². The smallest absolute Gasteiger partial charge is 0.196 e. The van der Waals surface area contributed by atoms with E-state index in [9.17, 15) is 0 Å². The fourth-order valence-electron chi connectivity index (χ4n) is 2.39. The van der Waals surface area contributed by atoms with Crippen LogP contribution in [0.5, 0.6) is 0 Å². The summed E-state index contributed by atoms with van der Waals surface area (Å²) in [4.78, 5) is 6.36. The molecule has 0 bridgehead atoms. The molecular weight excluding hydrogens is 373 g/mol. The van der Waals surface area contributed by atoms with Crippen molar-refractivity contribution in [1.82, 2.24) is 0 Å². The van der Waals surface area contributed by atoms with Crippen LogP contribution >= 0.6 is 39.1 Å². The van der Waals surface area contributed by atoms with Crippen molar-refractivity contribution in [3.63, 3.8) is 0 Å². The normalized spacial score (nSPS) is 18.0. The molecular formula is C15H12BrCl2N3. The molecule has 0 radical (unpaired) electrons. The lowest BCUT2D eigenvalue weighted by Crippen LogP contribution is -2.36. The average molecular weight is 385 g/mol. The van der Waals surface area contributed by atoms with E-state index in [2.05, 4.69) is 20.9 Å². The molecule has 0 aromatic heterocycles. The summed E-state index contributed by atoms with van der Waals surface area (Å²) in [6.45, 7) is 0.597. The van der Waals surface area contributed by atoms with Crippen molar-refractivity contribution < 1.29 is 0 Å². The second kappa shape index (κ2) is 5.87. The first-order chi connectivity index (χ1) is 10.1. The molecule has 2 aromatic carbocycles. The van der Waals surface area contributed by atoms with E-state index >= 15 is 0 Å². The predicted octanol–water partition coefficient (Wildman–Crippen LogP) is 4.63. The molecule has 3 nitrogen and oxygen atoms in total. The quantitative estimate of drug-likeness (QED) is 0.819. The summed E-state index contributed by atoms with van der Waals surface area (Å²) in [6.07, 6.45) is 0. The highest BCUT2D eigenvalue weighted by Gasteiger charge is 2.29. The van der Waals surface area contributed by atoms with Crippen molar-refractivity contribution in [3.05, 3.63) is 62.5 Å². The molecule has 0 spiro atoms. The van der Waals surface area contributed by atoms with Crippen molar-refractivity contribution in [2.45, 2.75) is 6.04 Å². The molecule has 3 rings (SSSR count). The van der Waals surface area contributed by atoms with Gasteiger partial charge in [-0.2, -0.15) is 0 Å². The summed E-state index contributed by atoms with van der Waals surface area (Å²) in [5.41, 5.74) is 8.08. The molecule has 108 valence electrons.